The third kappa shape index (κ3) is 3.96. The van der Waals surface area contributed by atoms with Gasteiger partial charge in [-0.15, -0.1) is 0 Å². The second-order valence-corrected chi connectivity index (χ2v) is 6.48. The fraction of sp³-hybridized carbons (Fsp3) is 0.238. The molecular formula is C21H21N3O5. The molecule has 0 aliphatic rings. The van der Waals surface area contributed by atoms with Crippen LogP contribution in [-0.2, 0) is 7.05 Å². The zero-order valence-electron chi connectivity index (χ0n) is 16.4. The van der Waals surface area contributed by atoms with Gasteiger partial charge in [-0.2, -0.15) is 0 Å². The molecule has 0 bridgehead atoms. The van der Waals surface area contributed by atoms with E-state index in [1.165, 1.54) is 29.9 Å². The first-order valence-corrected chi connectivity index (χ1v) is 9.19. The molecule has 0 fully saturated rings. The van der Waals surface area contributed by atoms with E-state index in [0.29, 0.717) is 24.1 Å². The van der Waals surface area contributed by atoms with Crippen LogP contribution in [0.5, 0.6) is 0 Å². The maximum absolute atomic E-state index is 12.7. The van der Waals surface area contributed by atoms with E-state index in [4.69, 9.17) is 4.42 Å². The van der Waals surface area contributed by atoms with Gasteiger partial charge in [0.15, 0.2) is 0 Å². The summed E-state index contributed by atoms with van der Waals surface area (Å²) in [5.74, 6) is -1.04. The van der Waals surface area contributed by atoms with Gasteiger partial charge in [0.2, 0.25) is 0 Å². The third-order valence-electron chi connectivity index (χ3n) is 4.62. The first-order chi connectivity index (χ1) is 13.8. The van der Waals surface area contributed by atoms with Crippen LogP contribution in [0.15, 0.2) is 56.6 Å². The van der Waals surface area contributed by atoms with Crippen LogP contribution in [0.25, 0.3) is 11.0 Å². The number of aryl methyl sites for hydroxylation is 1. The molecule has 150 valence electrons. The summed E-state index contributed by atoms with van der Waals surface area (Å²) in [5.41, 5.74) is -1.02. The number of hydrogen-bond donors (Lipinski definition) is 1. The van der Waals surface area contributed by atoms with Crippen LogP contribution in [0, 0.1) is 0 Å². The lowest BCUT2D eigenvalue weighted by molar-refractivity contribution is 0.0771. The molecule has 3 rings (SSSR count). The highest BCUT2D eigenvalue weighted by molar-refractivity contribution is 6.06. The summed E-state index contributed by atoms with van der Waals surface area (Å²) >= 11 is 0. The Bertz CT molecular complexity index is 1200. The van der Waals surface area contributed by atoms with Crippen molar-refractivity contribution in [3.63, 3.8) is 0 Å². The highest BCUT2D eigenvalue weighted by atomic mass is 16.4. The minimum Gasteiger partial charge on any atom is -0.422 e. The lowest BCUT2D eigenvalue weighted by atomic mass is 10.1. The molecule has 29 heavy (non-hydrogen) atoms. The number of rotatable bonds is 5. The molecule has 0 saturated carbocycles. The zero-order chi connectivity index (χ0) is 21.1. The lowest BCUT2D eigenvalue weighted by Crippen LogP contribution is -2.33. The molecule has 0 unspecified atom stereocenters. The third-order valence-corrected chi connectivity index (χ3v) is 4.62. The standard InChI is InChI=1S/C21H21N3O5/c1-4-24(5-2)19(26)14-11-16(20(27)23(3)12-14)22-18(25)15-10-13-8-6-7-9-17(13)29-21(15)28/h6-12H,4-5H2,1-3H3,(H,22,25). The normalized spacial score (nSPS) is 10.7. The Kier molecular flexibility index (Phi) is 5.63. The van der Waals surface area contributed by atoms with E-state index in [-0.39, 0.29) is 22.7 Å². The van der Waals surface area contributed by atoms with Gasteiger partial charge in [0, 0.05) is 31.7 Å². The Balaban J connectivity index is 1.99. The predicted molar refractivity (Wildman–Crippen MR) is 109 cm³/mol. The molecule has 8 nitrogen and oxygen atoms in total. The van der Waals surface area contributed by atoms with Gasteiger partial charge >= 0.3 is 5.63 Å². The van der Waals surface area contributed by atoms with Crippen molar-refractivity contribution in [2.24, 2.45) is 7.05 Å². The molecule has 0 spiro atoms. The van der Waals surface area contributed by atoms with Gasteiger partial charge in [-0.3, -0.25) is 14.4 Å². The Morgan fingerprint density at radius 3 is 2.48 bits per heavy atom. The Morgan fingerprint density at radius 2 is 1.79 bits per heavy atom. The number of nitrogens with zero attached hydrogens (tertiary/aromatic N) is 2. The highest BCUT2D eigenvalue weighted by Gasteiger charge is 2.19. The summed E-state index contributed by atoms with van der Waals surface area (Å²) in [6, 6.07) is 9.53. The van der Waals surface area contributed by atoms with E-state index in [9.17, 15) is 19.2 Å². The van der Waals surface area contributed by atoms with Crippen LogP contribution in [0.4, 0.5) is 5.69 Å². The molecule has 2 heterocycles. The number of benzene rings is 1. The summed E-state index contributed by atoms with van der Waals surface area (Å²) < 4.78 is 6.39. The van der Waals surface area contributed by atoms with E-state index in [1.54, 1.807) is 29.2 Å². The molecule has 0 atom stereocenters. The molecule has 0 radical (unpaired) electrons. The Labute approximate surface area is 166 Å². The van der Waals surface area contributed by atoms with Crippen molar-refractivity contribution in [1.29, 1.82) is 0 Å². The largest absolute Gasteiger partial charge is 0.422 e. The van der Waals surface area contributed by atoms with Crippen LogP contribution >= 0.6 is 0 Å². The number of para-hydroxylation sites is 1. The second-order valence-electron chi connectivity index (χ2n) is 6.48. The second kappa shape index (κ2) is 8.14. The quantitative estimate of drug-likeness (QED) is 0.668. The molecule has 1 aromatic carbocycles. The number of nitrogens with one attached hydrogen (secondary N) is 1. The van der Waals surface area contributed by atoms with Crippen molar-refractivity contribution < 1.29 is 14.0 Å². The fourth-order valence-corrected chi connectivity index (χ4v) is 3.02. The van der Waals surface area contributed by atoms with Crippen LogP contribution in [-0.4, -0.2) is 34.4 Å². The van der Waals surface area contributed by atoms with E-state index in [0.717, 1.165) is 0 Å². The molecule has 2 aromatic heterocycles. The van der Waals surface area contributed by atoms with Crippen LogP contribution in [0.3, 0.4) is 0 Å². The average Bonchev–Trinajstić information content (AvgIpc) is 2.71. The summed E-state index contributed by atoms with van der Waals surface area (Å²) in [4.78, 5) is 51.5. The van der Waals surface area contributed by atoms with Gasteiger partial charge in [0.25, 0.3) is 17.4 Å². The zero-order valence-corrected chi connectivity index (χ0v) is 16.4. The van der Waals surface area contributed by atoms with Crippen molar-refractivity contribution >= 4 is 28.5 Å². The van der Waals surface area contributed by atoms with Gasteiger partial charge in [0.05, 0.1) is 5.56 Å². The van der Waals surface area contributed by atoms with Crippen molar-refractivity contribution in [2.45, 2.75) is 13.8 Å². The Morgan fingerprint density at radius 1 is 1.10 bits per heavy atom. The molecule has 2 amide bonds. The number of anilines is 1. The minimum absolute atomic E-state index is 0.0944. The van der Waals surface area contributed by atoms with Crippen molar-refractivity contribution in [3.8, 4) is 0 Å². The topological polar surface area (TPSA) is 102 Å². The van der Waals surface area contributed by atoms with E-state index >= 15 is 0 Å². The minimum atomic E-state index is -0.812. The molecule has 0 saturated heterocycles. The maximum Gasteiger partial charge on any atom is 0.349 e. The molecule has 1 N–H and O–H groups in total. The number of aromatic nitrogens is 1. The monoisotopic (exact) mass is 395 g/mol. The highest BCUT2D eigenvalue weighted by Crippen LogP contribution is 2.14. The number of carbonyl (C=O) groups excluding carboxylic acids is 2. The van der Waals surface area contributed by atoms with E-state index in [1.807, 2.05) is 13.8 Å². The number of hydrogen-bond acceptors (Lipinski definition) is 5. The molecule has 0 aliphatic heterocycles. The Hall–Kier alpha value is -3.68. The first-order valence-electron chi connectivity index (χ1n) is 9.19. The smallest absolute Gasteiger partial charge is 0.349 e. The number of fused-ring (bicyclic) bond motifs is 1. The lowest BCUT2D eigenvalue weighted by Gasteiger charge is -2.19. The van der Waals surface area contributed by atoms with Gasteiger partial charge in [-0.05, 0) is 32.0 Å². The van der Waals surface area contributed by atoms with Gasteiger partial charge in [0.1, 0.15) is 16.8 Å². The van der Waals surface area contributed by atoms with Gasteiger partial charge < -0.3 is 19.2 Å². The average molecular weight is 395 g/mol. The summed E-state index contributed by atoms with van der Waals surface area (Å²) in [6.07, 6.45) is 1.42. The number of amides is 2. The predicted octanol–water partition coefficient (Wildman–Crippen LogP) is 2.23. The summed E-state index contributed by atoms with van der Waals surface area (Å²) in [6.45, 7) is 4.73. The first kappa shape index (κ1) is 20.1. The molecule has 8 heteroatoms. The fourth-order valence-electron chi connectivity index (χ4n) is 3.02. The van der Waals surface area contributed by atoms with Gasteiger partial charge in [-0.1, -0.05) is 18.2 Å². The molecular weight excluding hydrogens is 374 g/mol. The van der Waals surface area contributed by atoms with Crippen molar-refractivity contribution in [3.05, 3.63) is 74.5 Å². The van der Waals surface area contributed by atoms with E-state index in [2.05, 4.69) is 5.32 Å². The van der Waals surface area contributed by atoms with Gasteiger partial charge in [-0.25, -0.2) is 4.79 Å². The number of carbonyl (C=O) groups is 2. The molecule has 3 aromatic rings. The van der Waals surface area contributed by atoms with Crippen LogP contribution < -0.4 is 16.5 Å². The van der Waals surface area contributed by atoms with E-state index < -0.39 is 17.1 Å². The maximum atomic E-state index is 12.7. The van der Waals surface area contributed by atoms with Crippen molar-refractivity contribution in [1.82, 2.24) is 9.47 Å². The van der Waals surface area contributed by atoms with Crippen molar-refractivity contribution in [2.75, 3.05) is 18.4 Å². The number of pyridine rings is 1. The van der Waals surface area contributed by atoms with Crippen LogP contribution in [0.1, 0.15) is 34.6 Å². The van der Waals surface area contributed by atoms with Crippen LogP contribution in [0.2, 0.25) is 0 Å². The SMILES string of the molecule is CCN(CC)C(=O)c1cc(NC(=O)c2cc3ccccc3oc2=O)c(=O)n(C)c1. The summed E-state index contributed by atoms with van der Waals surface area (Å²) in [5, 5.41) is 3.02. The summed E-state index contributed by atoms with van der Waals surface area (Å²) in [7, 11) is 1.49. The molecule has 0 aliphatic carbocycles.